The predicted molar refractivity (Wildman–Crippen MR) is 96.3 cm³/mol. The number of anilines is 2. The van der Waals surface area contributed by atoms with Gasteiger partial charge >= 0.3 is 0 Å². The zero-order valence-electron chi connectivity index (χ0n) is 14.1. The molecule has 0 saturated carbocycles. The molecule has 0 aromatic heterocycles. The highest BCUT2D eigenvalue weighted by Gasteiger charge is 2.17. The Balaban J connectivity index is 2.07. The van der Waals surface area contributed by atoms with E-state index in [1.54, 1.807) is 19.1 Å². The van der Waals surface area contributed by atoms with Gasteiger partial charge in [0.1, 0.15) is 5.82 Å². The van der Waals surface area contributed by atoms with Crippen molar-refractivity contribution in [1.82, 2.24) is 0 Å². The molecule has 0 bridgehead atoms. The number of hydrogen-bond acceptors (Lipinski definition) is 3. The van der Waals surface area contributed by atoms with E-state index in [0.717, 1.165) is 24.7 Å². The van der Waals surface area contributed by atoms with Crippen LogP contribution in [-0.2, 0) is 10.0 Å². The van der Waals surface area contributed by atoms with E-state index in [2.05, 4.69) is 23.9 Å². The van der Waals surface area contributed by atoms with Gasteiger partial charge < -0.3 is 5.32 Å². The van der Waals surface area contributed by atoms with Crippen LogP contribution in [0.5, 0.6) is 0 Å². The Bertz CT molecular complexity index is 787. The summed E-state index contributed by atoms with van der Waals surface area (Å²) in [7, 11) is -3.74. The Kier molecular flexibility index (Phi) is 5.83. The molecule has 0 radical (unpaired) electrons. The Morgan fingerprint density at radius 2 is 1.67 bits per heavy atom. The quantitative estimate of drug-likeness (QED) is 0.778. The molecule has 2 aromatic carbocycles. The molecule has 4 nitrogen and oxygen atoms in total. The van der Waals surface area contributed by atoms with Crippen LogP contribution in [0.2, 0.25) is 0 Å². The maximum Gasteiger partial charge on any atom is 0.262 e. The van der Waals surface area contributed by atoms with Crippen molar-refractivity contribution in [3.8, 4) is 0 Å². The molecule has 130 valence electrons. The van der Waals surface area contributed by atoms with E-state index in [0.29, 0.717) is 17.2 Å². The van der Waals surface area contributed by atoms with Gasteiger partial charge in [-0.1, -0.05) is 13.8 Å². The van der Waals surface area contributed by atoms with Crippen LogP contribution in [0.15, 0.2) is 47.4 Å². The molecule has 0 aliphatic heterocycles. The van der Waals surface area contributed by atoms with Gasteiger partial charge in [0.25, 0.3) is 10.0 Å². The molecule has 2 rings (SSSR count). The summed E-state index contributed by atoms with van der Waals surface area (Å²) in [6, 6.07) is 10.7. The summed E-state index contributed by atoms with van der Waals surface area (Å²) in [6.07, 6.45) is 1.07. The number of nitrogens with one attached hydrogen (secondary N) is 2. The van der Waals surface area contributed by atoms with E-state index in [1.807, 2.05) is 12.1 Å². The smallest absolute Gasteiger partial charge is 0.262 e. The predicted octanol–water partition coefficient (Wildman–Crippen LogP) is 4.39. The molecule has 6 heteroatoms. The van der Waals surface area contributed by atoms with Gasteiger partial charge in [0, 0.05) is 17.9 Å². The molecular weight excluding hydrogens is 327 g/mol. The van der Waals surface area contributed by atoms with Crippen LogP contribution in [0.4, 0.5) is 15.8 Å². The number of hydrogen-bond donors (Lipinski definition) is 2. The van der Waals surface area contributed by atoms with E-state index in [-0.39, 0.29) is 4.90 Å². The summed E-state index contributed by atoms with van der Waals surface area (Å²) in [5.41, 5.74) is 1.78. The monoisotopic (exact) mass is 350 g/mol. The van der Waals surface area contributed by atoms with Gasteiger partial charge in [-0.3, -0.25) is 4.72 Å². The molecule has 0 aliphatic rings. The second kappa shape index (κ2) is 7.66. The molecule has 0 aliphatic carbocycles. The Hall–Kier alpha value is -2.08. The third kappa shape index (κ3) is 4.96. The zero-order chi connectivity index (χ0) is 17.7. The molecular formula is C18H23FN2O2S. The summed E-state index contributed by atoms with van der Waals surface area (Å²) in [4.78, 5) is 0.0723. The fourth-order valence-corrected chi connectivity index (χ4v) is 3.57. The lowest BCUT2D eigenvalue weighted by Crippen LogP contribution is -2.14. The van der Waals surface area contributed by atoms with Crippen molar-refractivity contribution < 1.29 is 12.8 Å². The Morgan fingerprint density at radius 3 is 2.25 bits per heavy atom. The molecule has 2 N–H and O–H groups in total. The summed E-state index contributed by atoms with van der Waals surface area (Å²) < 4.78 is 40.5. The molecule has 0 saturated heterocycles. The SMILES string of the molecule is Cc1cc(F)ccc1S(=O)(=O)Nc1ccc(NCCC(C)C)cc1. The molecule has 0 amide bonds. The minimum Gasteiger partial charge on any atom is -0.385 e. The maximum absolute atomic E-state index is 13.1. The van der Waals surface area contributed by atoms with Crippen molar-refractivity contribution >= 4 is 21.4 Å². The van der Waals surface area contributed by atoms with Crippen LogP contribution in [0.1, 0.15) is 25.8 Å². The highest BCUT2D eigenvalue weighted by molar-refractivity contribution is 7.92. The van der Waals surface area contributed by atoms with Crippen LogP contribution >= 0.6 is 0 Å². The van der Waals surface area contributed by atoms with Gasteiger partial charge in [-0.05, 0) is 67.3 Å². The second-order valence-corrected chi connectivity index (χ2v) is 7.85. The van der Waals surface area contributed by atoms with Crippen molar-refractivity contribution in [3.63, 3.8) is 0 Å². The Morgan fingerprint density at radius 1 is 1.04 bits per heavy atom. The maximum atomic E-state index is 13.1. The van der Waals surface area contributed by atoms with Crippen LogP contribution < -0.4 is 10.0 Å². The van der Waals surface area contributed by atoms with E-state index in [9.17, 15) is 12.8 Å². The van der Waals surface area contributed by atoms with Crippen molar-refractivity contribution in [2.24, 2.45) is 5.92 Å². The highest BCUT2D eigenvalue weighted by atomic mass is 32.2. The number of aryl methyl sites for hydroxylation is 1. The van der Waals surface area contributed by atoms with Gasteiger partial charge in [-0.15, -0.1) is 0 Å². The number of halogens is 1. The van der Waals surface area contributed by atoms with Crippen molar-refractivity contribution in [1.29, 1.82) is 0 Å². The average Bonchev–Trinajstić information content (AvgIpc) is 2.48. The van der Waals surface area contributed by atoms with E-state index in [4.69, 9.17) is 0 Å². The van der Waals surface area contributed by atoms with Crippen LogP contribution in [0.3, 0.4) is 0 Å². The lowest BCUT2D eigenvalue weighted by Gasteiger charge is -2.12. The molecule has 2 aromatic rings. The summed E-state index contributed by atoms with van der Waals surface area (Å²) in [6.45, 7) is 6.77. The highest BCUT2D eigenvalue weighted by Crippen LogP contribution is 2.21. The number of rotatable bonds is 7. The van der Waals surface area contributed by atoms with E-state index in [1.165, 1.54) is 12.1 Å². The minimum atomic E-state index is -3.74. The standard InChI is InChI=1S/C18H23FN2O2S/c1-13(2)10-11-20-16-5-7-17(8-6-16)21-24(22,23)18-9-4-15(19)12-14(18)3/h4-9,12-13,20-21H,10-11H2,1-3H3. The van der Waals surface area contributed by atoms with Crippen LogP contribution in [-0.4, -0.2) is 15.0 Å². The summed E-state index contributed by atoms with van der Waals surface area (Å²) in [5.74, 6) is 0.172. The first-order chi connectivity index (χ1) is 11.3. The Labute approximate surface area is 143 Å². The van der Waals surface area contributed by atoms with Crippen molar-refractivity contribution in [2.75, 3.05) is 16.6 Å². The minimum absolute atomic E-state index is 0.0723. The molecule has 0 atom stereocenters. The van der Waals surface area contributed by atoms with E-state index >= 15 is 0 Å². The first-order valence-electron chi connectivity index (χ1n) is 7.91. The van der Waals surface area contributed by atoms with Crippen molar-refractivity contribution in [3.05, 3.63) is 53.8 Å². The van der Waals surface area contributed by atoms with Gasteiger partial charge in [0.2, 0.25) is 0 Å². The first-order valence-corrected chi connectivity index (χ1v) is 9.39. The van der Waals surface area contributed by atoms with Gasteiger partial charge in [-0.25, -0.2) is 12.8 Å². The van der Waals surface area contributed by atoms with Crippen LogP contribution in [0, 0.1) is 18.7 Å². The summed E-state index contributed by atoms with van der Waals surface area (Å²) in [5, 5.41) is 3.29. The average molecular weight is 350 g/mol. The fraction of sp³-hybridized carbons (Fsp3) is 0.333. The number of benzene rings is 2. The summed E-state index contributed by atoms with van der Waals surface area (Å²) >= 11 is 0. The molecule has 0 spiro atoms. The molecule has 0 unspecified atom stereocenters. The number of sulfonamides is 1. The topological polar surface area (TPSA) is 58.2 Å². The third-order valence-corrected chi connectivity index (χ3v) is 5.16. The zero-order valence-corrected chi connectivity index (χ0v) is 15.0. The van der Waals surface area contributed by atoms with Gasteiger partial charge in [0.05, 0.1) is 4.90 Å². The van der Waals surface area contributed by atoms with E-state index < -0.39 is 15.8 Å². The lowest BCUT2D eigenvalue weighted by molar-refractivity contribution is 0.598. The molecule has 24 heavy (non-hydrogen) atoms. The van der Waals surface area contributed by atoms with Crippen LogP contribution in [0.25, 0.3) is 0 Å². The van der Waals surface area contributed by atoms with Gasteiger partial charge in [-0.2, -0.15) is 0 Å². The van der Waals surface area contributed by atoms with Crippen molar-refractivity contribution in [2.45, 2.75) is 32.1 Å². The molecule has 0 heterocycles. The second-order valence-electron chi connectivity index (χ2n) is 6.20. The molecule has 0 fully saturated rings. The van der Waals surface area contributed by atoms with Gasteiger partial charge in [0.15, 0.2) is 0 Å². The third-order valence-electron chi connectivity index (χ3n) is 3.61. The lowest BCUT2D eigenvalue weighted by atomic mass is 10.1. The largest absolute Gasteiger partial charge is 0.385 e. The normalized spacial score (nSPS) is 11.5. The first kappa shape index (κ1) is 18.3. The fourth-order valence-electron chi connectivity index (χ4n) is 2.29.